The molecule has 2 aromatic heterocycles. The van der Waals surface area contributed by atoms with Gasteiger partial charge in [-0.15, -0.1) is 0 Å². The lowest BCUT2D eigenvalue weighted by molar-refractivity contribution is 0.499. The van der Waals surface area contributed by atoms with E-state index in [2.05, 4.69) is 29.2 Å². The van der Waals surface area contributed by atoms with E-state index in [4.69, 9.17) is 5.73 Å². The highest BCUT2D eigenvalue weighted by molar-refractivity contribution is 5.27. The van der Waals surface area contributed by atoms with E-state index in [0.29, 0.717) is 11.8 Å². The molecule has 0 bridgehead atoms. The molecule has 1 aliphatic rings. The van der Waals surface area contributed by atoms with E-state index in [1.54, 1.807) is 0 Å². The van der Waals surface area contributed by atoms with Crippen LogP contribution in [0.4, 0.5) is 0 Å². The van der Waals surface area contributed by atoms with E-state index in [1.807, 2.05) is 30.1 Å². The molecular weight excluding hydrogens is 248 g/mol. The Balaban J connectivity index is 1.68. The Morgan fingerprint density at radius 2 is 2.25 bits per heavy atom. The van der Waals surface area contributed by atoms with Crippen molar-refractivity contribution in [1.29, 1.82) is 0 Å². The number of nitrogens with zero attached hydrogens (tertiary/aromatic N) is 3. The lowest BCUT2D eigenvalue weighted by atomic mass is 10.0. The first-order valence-electron chi connectivity index (χ1n) is 7.34. The first-order chi connectivity index (χ1) is 9.67. The molecule has 3 atom stereocenters. The predicted molar refractivity (Wildman–Crippen MR) is 79.8 cm³/mol. The fourth-order valence-corrected chi connectivity index (χ4v) is 2.75. The number of hydrogen-bond acceptors (Lipinski definition) is 3. The molecule has 2 aromatic rings. The van der Waals surface area contributed by atoms with Crippen LogP contribution >= 0.6 is 0 Å². The summed E-state index contributed by atoms with van der Waals surface area (Å²) in [5.41, 5.74) is 8.07. The van der Waals surface area contributed by atoms with Gasteiger partial charge in [-0.25, -0.2) is 9.97 Å². The molecule has 106 valence electrons. The van der Waals surface area contributed by atoms with E-state index in [0.717, 1.165) is 18.3 Å². The molecule has 2 heterocycles. The van der Waals surface area contributed by atoms with Gasteiger partial charge in [0.05, 0.1) is 5.69 Å². The summed E-state index contributed by atoms with van der Waals surface area (Å²) >= 11 is 0. The number of aromatic nitrogens is 3. The molecule has 2 N–H and O–H groups in total. The summed E-state index contributed by atoms with van der Waals surface area (Å²) in [7, 11) is 0. The normalized spacial score (nSPS) is 22.8. The summed E-state index contributed by atoms with van der Waals surface area (Å²) in [6.07, 6.45) is 8.35. The maximum absolute atomic E-state index is 5.70. The largest absolute Gasteiger partial charge is 0.330 e. The summed E-state index contributed by atoms with van der Waals surface area (Å²) in [4.78, 5) is 8.98. The van der Waals surface area contributed by atoms with Crippen LogP contribution in [0.15, 0.2) is 30.9 Å². The van der Waals surface area contributed by atoms with Crippen molar-refractivity contribution in [2.45, 2.75) is 32.6 Å². The highest BCUT2D eigenvalue weighted by atomic mass is 15.1. The van der Waals surface area contributed by atoms with Crippen molar-refractivity contribution in [2.75, 3.05) is 6.54 Å². The number of pyridine rings is 1. The fraction of sp³-hybridized carbons (Fsp3) is 0.500. The molecule has 3 rings (SSSR count). The second kappa shape index (κ2) is 5.37. The van der Waals surface area contributed by atoms with Crippen molar-refractivity contribution in [3.63, 3.8) is 0 Å². The summed E-state index contributed by atoms with van der Waals surface area (Å²) in [5, 5.41) is 0. The van der Waals surface area contributed by atoms with Crippen molar-refractivity contribution in [3.8, 4) is 5.82 Å². The minimum absolute atomic E-state index is 0.617. The van der Waals surface area contributed by atoms with Crippen LogP contribution in [0.5, 0.6) is 0 Å². The van der Waals surface area contributed by atoms with Gasteiger partial charge in [0, 0.05) is 18.3 Å². The van der Waals surface area contributed by atoms with Gasteiger partial charge in [-0.3, -0.25) is 4.57 Å². The third kappa shape index (κ3) is 2.75. The van der Waals surface area contributed by atoms with Gasteiger partial charge in [-0.05, 0) is 49.8 Å². The minimum Gasteiger partial charge on any atom is -0.330 e. The molecule has 4 nitrogen and oxygen atoms in total. The summed E-state index contributed by atoms with van der Waals surface area (Å²) in [5.74, 6) is 2.94. The fourth-order valence-electron chi connectivity index (χ4n) is 2.75. The molecular formula is C16H22N4. The maximum atomic E-state index is 5.70. The van der Waals surface area contributed by atoms with Crippen molar-refractivity contribution in [2.24, 2.45) is 17.6 Å². The number of imidazole rings is 1. The average Bonchev–Trinajstić information content (AvgIpc) is 3.03. The molecule has 1 fully saturated rings. The van der Waals surface area contributed by atoms with Gasteiger partial charge in [0.1, 0.15) is 12.1 Å². The highest BCUT2D eigenvalue weighted by Crippen LogP contribution is 2.50. The lowest BCUT2D eigenvalue weighted by Gasteiger charge is -2.06. The molecule has 1 aliphatic carbocycles. The molecule has 0 saturated heterocycles. The van der Waals surface area contributed by atoms with Gasteiger partial charge in [0.2, 0.25) is 0 Å². The van der Waals surface area contributed by atoms with Crippen LogP contribution in [0.2, 0.25) is 0 Å². The number of nitrogens with two attached hydrogens (primary N) is 1. The number of hydrogen-bond donors (Lipinski definition) is 1. The predicted octanol–water partition coefficient (Wildman–Crippen LogP) is 2.66. The zero-order valence-corrected chi connectivity index (χ0v) is 12.2. The van der Waals surface area contributed by atoms with Gasteiger partial charge in [-0.2, -0.15) is 0 Å². The Kier molecular flexibility index (Phi) is 3.57. The average molecular weight is 270 g/mol. The number of aryl methyl sites for hydroxylation is 1. The summed E-state index contributed by atoms with van der Waals surface area (Å²) < 4.78 is 2.01. The Labute approximate surface area is 120 Å². The minimum atomic E-state index is 0.617. The zero-order valence-electron chi connectivity index (χ0n) is 12.2. The Bertz CT molecular complexity index is 572. The third-order valence-electron chi connectivity index (χ3n) is 4.17. The molecule has 0 spiro atoms. The van der Waals surface area contributed by atoms with Crippen LogP contribution in [0, 0.1) is 18.8 Å². The highest BCUT2D eigenvalue weighted by Gasteiger charge is 2.40. The number of rotatable bonds is 5. The molecule has 0 aliphatic heterocycles. The van der Waals surface area contributed by atoms with Gasteiger partial charge in [0.25, 0.3) is 0 Å². The van der Waals surface area contributed by atoms with Crippen molar-refractivity contribution >= 4 is 0 Å². The molecule has 0 amide bonds. The van der Waals surface area contributed by atoms with E-state index in [-0.39, 0.29) is 0 Å². The van der Waals surface area contributed by atoms with Crippen LogP contribution in [-0.2, 0) is 0 Å². The first-order valence-corrected chi connectivity index (χ1v) is 7.34. The Morgan fingerprint density at radius 1 is 1.40 bits per heavy atom. The van der Waals surface area contributed by atoms with E-state index >= 15 is 0 Å². The molecule has 0 radical (unpaired) electrons. The van der Waals surface area contributed by atoms with Crippen LogP contribution in [0.25, 0.3) is 5.82 Å². The standard InChI is InChI=1S/C16H22N4/c1-11-3-4-16(18-8-11)20-9-15(19-10-20)14-6-13(14)5-12(2)7-17/h3-4,8-10,12-14H,5-7,17H2,1-2H3/t12-,13?,14?/m1/s1. The van der Waals surface area contributed by atoms with E-state index < -0.39 is 0 Å². The SMILES string of the molecule is Cc1ccc(-n2cnc(C3CC3C[C@@H](C)CN)c2)nc1. The van der Waals surface area contributed by atoms with Crippen LogP contribution < -0.4 is 5.73 Å². The van der Waals surface area contributed by atoms with Crippen LogP contribution in [0.3, 0.4) is 0 Å². The third-order valence-corrected chi connectivity index (χ3v) is 4.17. The van der Waals surface area contributed by atoms with E-state index in [9.17, 15) is 0 Å². The molecule has 0 aromatic carbocycles. The van der Waals surface area contributed by atoms with Crippen LogP contribution in [0.1, 0.15) is 36.9 Å². The zero-order chi connectivity index (χ0) is 14.1. The topological polar surface area (TPSA) is 56.7 Å². The quantitative estimate of drug-likeness (QED) is 0.908. The molecule has 4 heteroatoms. The van der Waals surface area contributed by atoms with Crippen LogP contribution in [-0.4, -0.2) is 21.1 Å². The van der Waals surface area contributed by atoms with Gasteiger partial charge < -0.3 is 5.73 Å². The summed E-state index contributed by atoms with van der Waals surface area (Å²) in [6, 6.07) is 4.10. The Hall–Kier alpha value is -1.68. The van der Waals surface area contributed by atoms with E-state index in [1.165, 1.54) is 24.1 Å². The van der Waals surface area contributed by atoms with Crippen molar-refractivity contribution in [3.05, 3.63) is 42.1 Å². The molecule has 1 saturated carbocycles. The van der Waals surface area contributed by atoms with Gasteiger partial charge in [0.15, 0.2) is 0 Å². The Morgan fingerprint density at radius 3 is 2.95 bits per heavy atom. The van der Waals surface area contributed by atoms with Gasteiger partial charge >= 0.3 is 0 Å². The monoisotopic (exact) mass is 270 g/mol. The molecule has 20 heavy (non-hydrogen) atoms. The smallest absolute Gasteiger partial charge is 0.137 e. The second-order valence-electron chi connectivity index (χ2n) is 6.08. The van der Waals surface area contributed by atoms with Crippen molar-refractivity contribution in [1.82, 2.24) is 14.5 Å². The molecule has 2 unspecified atom stereocenters. The second-order valence-corrected chi connectivity index (χ2v) is 6.08. The first kappa shape index (κ1) is 13.3. The van der Waals surface area contributed by atoms with Gasteiger partial charge in [-0.1, -0.05) is 13.0 Å². The maximum Gasteiger partial charge on any atom is 0.137 e. The lowest BCUT2D eigenvalue weighted by Crippen LogP contribution is -2.11. The van der Waals surface area contributed by atoms with Crippen molar-refractivity contribution < 1.29 is 0 Å². The summed E-state index contributed by atoms with van der Waals surface area (Å²) in [6.45, 7) is 5.05.